The normalized spacial score (nSPS) is 11.8. The third-order valence-electron chi connectivity index (χ3n) is 6.74. The third kappa shape index (κ3) is 3.43. The highest BCUT2D eigenvalue weighted by Crippen LogP contribution is 2.40. The van der Waals surface area contributed by atoms with Gasteiger partial charge >= 0.3 is 0 Å². The van der Waals surface area contributed by atoms with Crippen LogP contribution in [0.15, 0.2) is 123 Å². The first-order chi connectivity index (χ1) is 17.6. The molecule has 0 N–H and O–H groups in total. The molecule has 6 heteroatoms. The van der Waals surface area contributed by atoms with E-state index in [1.54, 1.807) is 0 Å². The Morgan fingerprint density at radius 3 is 0.833 bits per heavy atom. The van der Waals surface area contributed by atoms with Crippen molar-refractivity contribution in [3.8, 4) is 17.1 Å². The highest BCUT2D eigenvalue weighted by atomic mass is 79.9. The van der Waals surface area contributed by atoms with Gasteiger partial charge in [0, 0.05) is 65.2 Å². The van der Waals surface area contributed by atoms with Crippen molar-refractivity contribution in [1.29, 1.82) is 0 Å². The Balaban J connectivity index is 1.62. The van der Waals surface area contributed by atoms with Crippen molar-refractivity contribution in [1.82, 2.24) is 13.7 Å². The lowest BCUT2D eigenvalue weighted by Gasteiger charge is -2.13. The predicted octanol–water partition coefficient (Wildman–Crippen LogP) is 9.81. The van der Waals surface area contributed by atoms with E-state index in [0.717, 1.165) is 30.5 Å². The van der Waals surface area contributed by atoms with Crippen molar-refractivity contribution >= 4 is 80.5 Å². The van der Waals surface area contributed by atoms with Gasteiger partial charge in [0.25, 0.3) is 0 Å². The van der Waals surface area contributed by atoms with E-state index >= 15 is 0 Å². The van der Waals surface area contributed by atoms with Crippen LogP contribution in [0.25, 0.3) is 49.8 Å². The van der Waals surface area contributed by atoms with E-state index in [1.165, 1.54) is 32.7 Å². The zero-order chi connectivity index (χ0) is 24.4. The fourth-order valence-corrected chi connectivity index (χ4v) is 5.94. The first kappa shape index (κ1) is 22.2. The van der Waals surface area contributed by atoms with Gasteiger partial charge in [-0.05, 0) is 91.0 Å². The van der Waals surface area contributed by atoms with E-state index < -0.39 is 0 Å². The van der Waals surface area contributed by atoms with Crippen LogP contribution in [-0.4, -0.2) is 13.7 Å². The zero-order valence-electron chi connectivity index (χ0n) is 18.9. The molecule has 7 rings (SSSR count). The van der Waals surface area contributed by atoms with Gasteiger partial charge < -0.3 is 13.7 Å². The molecule has 0 saturated carbocycles. The molecule has 174 valence electrons. The lowest BCUT2D eigenvalue weighted by molar-refractivity contribution is 1.12. The SMILES string of the molecule is Brc1ccc(-n2ccc3c2c2ccn(-c4ccc(Br)cc4)c2c2ccn(-c4ccc(Br)cc4)c32)cc1. The lowest BCUT2D eigenvalue weighted by atomic mass is 10.1. The zero-order valence-corrected chi connectivity index (χ0v) is 23.6. The average Bonchev–Trinajstić information content (AvgIpc) is 3.62. The summed E-state index contributed by atoms with van der Waals surface area (Å²) in [6.07, 6.45) is 6.55. The van der Waals surface area contributed by atoms with Crippen LogP contribution in [0, 0.1) is 0 Å². The van der Waals surface area contributed by atoms with Crippen molar-refractivity contribution in [2.24, 2.45) is 0 Å². The lowest BCUT2D eigenvalue weighted by Crippen LogP contribution is -1.97. The maximum atomic E-state index is 3.58. The highest BCUT2D eigenvalue weighted by molar-refractivity contribution is 9.11. The molecule has 0 aliphatic heterocycles. The van der Waals surface area contributed by atoms with Crippen LogP contribution < -0.4 is 0 Å². The summed E-state index contributed by atoms with van der Waals surface area (Å²) in [6.45, 7) is 0. The minimum absolute atomic E-state index is 1.07. The van der Waals surface area contributed by atoms with Crippen LogP contribution in [-0.2, 0) is 0 Å². The summed E-state index contributed by atoms with van der Waals surface area (Å²) >= 11 is 10.7. The first-order valence-electron chi connectivity index (χ1n) is 11.5. The van der Waals surface area contributed by atoms with Crippen LogP contribution in [0.1, 0.15) is 0 Å². The number of hydrogen-bond donors (Lipinski definition) is 0. The van der Waals surface area contributed by atoms with E-state index in [1.807, 2.05) is 0 Å². The monoisotopic (exact) mass is 657 g/mol. The third-order valence-corrected chi connectivity index (χ3v) is 8.32. The van der Waals surface area contributed by atoms with Crippen LogP contribution in [0.2, 0.25) is 0 Å². The highest BCUT2D eigenvalue weighted by Gasteiger charge is 2.20. The van der Waals surface area contributed by atoms with Gasteiger partial charge in [0.1, 0.15) is 0 Å². The standard InChI is InChI=1S/C30H18Br3N3/c31-19-1-7-22(8-2-19)34-16-13-25-28(34)26-14-17-35(23-9-3-20(32)4-10-23)30(26)27-15-18-36(29(25)27)24-11-5-21(33)6-12-24/h1-18H. The van der Waals surface area contributed by atoms with E-state index in [2.05, 4.69) is 171 Å². The Bertz CT molecular complexity index is 1630. The second-order valence-electron chi connectivity index (χ2n) is 8.77. The van der Waals surface area contributed by atoms with Gasteiger partial charge in [-0.1, -0.05) is 47.8 Å². The maximum Gasteiger partial charge on any atom is 0.0643 e. The van der Waals surface area contributed by atoms with Crippen molar-refractivity contribution in [2.75, 3.05) is 0 Å². The van der Waals surface area contributed by atoms with Crippen molar-refractivity contribution in [3.05, 3.63) is 123 Å². The Labute approximate surface area is 233 Å². The Kier molecular flexibility index (Phi) is 5.24. The molecular weight excluding hydrogens is 642 g/mol. The molecule has 3 nitrogen and oxygen atoms in total. The van der Waals surface area contributed by atoms with Gasteiger partial charge in [-0.15, -0.1) is 0 Å². The Morgan fingerprint density at radius 2 is 0.583 bits per heavy atom. The second-order valence-corrected chi connectivity index (χ2v) is 11.5. The summed E-state index contributed by atoms with van der Waals surface area (Å²) in [5.74, 6) is 0. The van der Waals surface area contributed by atoms with Crippen molar-refractivity contribution < 1.29 is 0 Å². The molecule has 3 heterocycles. The van der Waals surface area contributed by atoms with E-state index in [9.17, 15) is 0 Å². The van der Waals surface area contributed by atoms with Gasteiger partial charge in [-0.25, -0.2) is 0 Å². The number of benzene rings is 4. The molecule has 0 bridgehead atoms. The topological polar surface area (TPSA) is 14.8 Å². The fourth-order valence-electron chi connectivity index (χ4n) is 5.15. The molecule has 0 unspecified atom stereocenters. The molecule has 0 spiro atoms. The van der Waals surface area contributed by atoms with E-state index in [0.29, 0.717) is 0 Å². The van der Waals surface area contributed by atoms with E-state index in [-0.39, 0.29) is 0 Å². The molecule has 0 aliphatic carbocycles. The van der Waals surface area contributed by atoms with Crippen molar-refractivity contribution in [3.63, 3.8) is 0 Å². The molecular formula is C30H18Br3N3. The van der Waals surface area contributed by atoms with Crippen LogP contribution in [0.4, 0.5) is 0 Å². The molecule has 0 atom stereocenters. The number of aromatic nitrogens is 3. The largest absolute Gasteiger partial charge is 0.316 e. The molecule has 0 amide bonds. The number of nitrogens with zero attached hydrogens (tertiary/aromatic N) is 3. The summed E-state index contributed by atoms with van der Waals surface area (Å²) in [7, 11) is 0. The Hall–Kier alpha value is -3.06. The molecule has 4 aromatic carbocycles. The summed E-state index contributed by atoms with van der Waals surface area (Å²) in [5.41, 5.74) is 7.00. The molecule has 0 saturated heterocycles. The fraction of sp³-hybridized carbons (Fsp3) is 0. The van der Waals surface area contributed by atoms with Crippen LogP contribution >= 0.6 is 47.8 Å². The predicted molar refractivity (Wildman–Crippen MR) is 160 cm³/mol. The molecule has 3 aromatic heterocycles. The van der Waals surface area contributed by atoms with Crippen molar-refractivity contribution in [2.45, 2.75) is 0 Å². The van der Waals surface area contributed by atoms with Gasteiger partial charge in [-0.3, -0.25) is 0 Å². The minimum Gasteiger partial charge on any atom is -0.316 e. The number of rotatable bonds is 3. The number of halogens is 3. The Morgan fingerprint density at radius 1 is 0.333 bits per heavy atom. The molecule has 0 aliphatic rings. The van der Waals surface area contributed by atoms with Gasteiger partial charge in [0.05, 0.1) is 16.6 Å². The summed E-state index contributed by atoms with van der Waals surface area (Å²) in [6, 6.07) is 32.2. The molecule has 0 fully saturated rings. The summed E-state index contributed by atoms with van der Waals surface area (Å²) < 4.78 is 10.1. The molecule has 36 heavy (non-hydrogen) atoms. The smallest absolute Gasteiger partial charge is 0.0643 e. The first-order valence-corrected chi connectivity index (χ1v) is 13.9. The molecule has 0 radical (unpaired) electrons. The number of fused-ring (bicyclic) bond motifs is 6. The van der Waals surface area contributed by atoms with Gasteiger partial charge in [0.2, 0.25) is 0 Å². The van der Waals surface area contributed by atoms with E-state index in [4.69, 9.17) is 0 Å². The quantitative estimate of drug-likeness (QED) is 0.179. The van der Waals surface area contributed by atoms with Gasteiger partial charge in [0.15, 0.2) is 0 Å². The summed E-state index contributed by atoms with van der Waals surface area (Å²) in [5, 5.41) is 3.67. The van der Waals surface area contributed by atoms with Crippen LogP contribution in [0.3, 0.4) is 0 Å². The average molecular weight is 660 g/mol. The number of hydrogen-bond acceptors (Lipinski definition) is 0. The second kappa shape index (κ2) is 8.51. The van der Waals surface area contributed by atoms with Gasteiger partial charge in [-0.2, -0.15) is 0 Å². The summed E-state index contributed by atoms with van der Waals surface area (Å²) in [4.78, 5) is 0. The van der Waals surface area contributed by atoms with Crippen LogP contribution in [0.5, 0.6) is 0 Å². The minimum atomic E-state index is 1.07. The maximum absolute atomic E-state index is 3.58. The molecule has 7 aromatic rings.